The van der Waals surface area contributed by atoms with Gasteiger partial charge < -0.3 is 14.2 Å². The van der Waals surface area contributed by atoms with Crippen LogP contribution in [0.5, 0.6) is 11.5 Å². The molecule has 0 spiro atoms. The first kappa shape index (κ1) is 23.5. The van der Waals surface area contributed by atoms with E-state index in [1.165, 1.54) is 50.7 Å². The van der Waals surface area contributed by atoms with Crippen molar-refractivity contribution < 1.29 is 23.0 Å². The van der Waals surface area contributed by atoms with E-state index < -0.39 is 11.6 Å². The van der Waals surface area contributed by atoms with E-state index in [0.29, 0.717) is 25.2 Å². The van der Waals surface area contributed by atoms with Gasteiger partial charge >= 0.3 is 0 Å². The molecule has 178 valence electrons. The highest BCUT2D eigenvalue weighted by molar-refractivity contribution is 5.35. The Hall–Kier alpha value is -1.62. The largest absolute Gasteiger partial charge is 0.491 e. The van der Waals surface area contributed by atoms with Crippen LogP contribution in [0, 0.1) is 41.2 Å². The molecule has 2 fully saturated rings. The summed E-state index contributed by atoms with van der Waals surface area (Å²) in [6, 6.07) is 2.86. The topological polar surface area (TPSA) is 27.7 Å². The first-order valence-corrected chi connectivity index (χ1v) is 12.6. The van der Waals surface area contributed by atoms with Crippen LogP contribution in [0.15, 0.2) is 24.3 Å². The van der Waals surface area contributed by atoms with Crippen molar-refractivity contribution in [2.45, 2.75) is 71.3 Å². The lowest BCUT2D eigenvalue weighted by Crippen LogP contribution is -2.36. The van der Waals surface area contributed by atoms with E-state index >= 15 is 0 Å². The maximum absolute atomic E-state index is 14.2. The fourth-order valence-electron chi connectivity index (χ4n) is 5.75. The summed E-state index contributed by atoms with van der Waals surface area (Å²) in [5.41, 5.74) is 0. The molecule has 1 saturated carbocycles. The molecule has 1 aliphatic heterocycles. The molecule has 5 heteroatoms. The Bertz CT molecular complexity index is 764. The lowest BCUT2D eigenvalue weighted by Gasteiger charge is -2.39. The number of halogens is 2. The third kappa shape index (κ3) is 5.65. The average molecular weight is 449 g/mol. The van der Waals surface area contributed by atoms with Crippen LogP contribution in [0.1, 0.15) is 65.2 Å². The van der Waals surface area contributed by atoms with Crippen molar-refractivity contribution in [3.8, 4) is 11.5 Å². The molecule has 3 nitrogen and oxygen atoms in total. The van der Waals surface area contributed by atoms with Crippen LogP contribution in [-0.4, -0.2) is 25.9 Å². The van der Waals surface area contributed by atoms with E-state index in [1.54, 1.807) is 6.92 Å². The predicted octanol–water partition coefficient (Wildman–Crippen LogP) is 6.95. The zero-order chi connectivity index (χ0) is 22.5. The number of hydrogen-bond acceptors (Lipinski definition) is 3. The van der Waals surface area contributed by atoms with Crippen LogP contribution < -0.4 is 9.47 Å². The van der Waals surface area contributed by atoms with Gasteiger partial charge in [0.2, 0.25) is 11.6 Å². The second-order valence-corrected chi connectivity index (χ2v) is 10.0. The maximum atomic E-state index is 14.2. The molecule has 1 saturated heterocycles. The van der Waals surface area contributed by atoms with E-state index in [0.717, 1.165) is 30.6 Å². The highest BCUT2D eigenvalue weighted by Crippen LogP contribution is 2.41. The molecule has 1 aromatic carbocycles. The third-order valence-corrected chi connectivity index (χ3v) is 7.78. The van der Waals surface area contributed by atoms with Gasteiger partial charge in [-0.05, 0) is 94.1 Å². The minimum Gasteiger partial charge on any atom is -0.491 e. The van der Waals surface area contributed by atoms with Crippen molar-refractivity contribution in [3.05, 3.63) is 35.9 Å². The minimum atomic E-state index is -0.988. The number of allylic oxidation sites excluding steroid dienone is 2. The first-order valence-electron chi connectivity index (χ1n) is 12.6. The molecule has 1 heterocycles. The summed E-state index contributed by atoms with van der Waals surface area (Å²) >= 11 is 0. The Morgan fingerprint density at radius 3 is 2.12 bits per heavy atom. The van der Waals surface area contributed by atoms with Gasteiger partial charge in [-0.2, -0.15) is 8.78 Å². The Kier molecular flexibility index (Phi) is 8.09. The second-order valence-electron chi connectivity index (χ2n) is 10.0. The molecule has 4 rings (SSSR count). The molecule has 4 atom stereocenters. The van der Waals surface area contributed by atoms with E-state index in [1.807, 2.05) is 0 Å². The fraction of sp³-hybridized carbons (Fsp3) is 0.704. The van der Waals surface area contributed by atoms with Gasteiger partial charge in [-0.1, -0.05) is 19.1 Å². The number of benzene rings is 1. The zero-order valence-corrected chi connectivity index (χ0v) is 19.5. The Labute approximate surface area is 191 Å². The molecule has 3 aliphatic rings. The normalized spacial score (nSPS) is 33.1. The van der Waals surface area contributed by atoms with Gasteiger partial charge in [-0.15, -0.1) is 0 Å². The monoisotopic (exact) mass is 448 g/mol. The van der Waals surface area contributed by atoms with Crippen LogP contribution in [0.25, 0.3) is 0 Å². The molecule has 0 amide bonds. The van der Waals surface area contributed by atoms with Crippen LogP contribution in [-0.2, 0) is 4.74 Å². The summed E-state index contributed by atoms with van der Waals surface area (Å²) in [6.07, 6.45) is 15.2. The van der Waals surface area contributed by atoms with E-state index in [-0.39, 0.29) is 24.0 Å². The van der Waals surface area contributed by atoms with Gasteiger partial charge in [0.15, 0.2) is 11.5 Å². The molecule has 1 aromatic rings. The van der Waals surface area contributed by atoms with Gasteiger partial charge in [-0.3, -0.25) is 0 Å². The van der Waals surface area contributed by atoms with Crippen molar-refractivity contribution in [2.75, 3.05) is 19.8 Å². The Morgan fingerprint density at radius 1 is 0.844 bits per heavy atom. The number of rotatable bonds is 7. The second kappa shape index (κ2) is 11.0. The molecule has 0 bridgehead atoms. The van der Waals surface area contributed by atoms with Gasteiger partial charge in [0.25, 0.3) is 0 Å². The lowest BCUT2D eigenvalue weighted by atomic mass is 9.70. The van der Waals surface area contributed by atoms with Crippen molar-refractivity contribution in [2.24, 2.45) is 29.6 Å². The van der Waals surface area contributed by atoms with Crippen LogP contribution in [0.2, 0.25) is 0 Å². The van der Waals surface area contributed by atoms with Gasteiger partial charge in [0.05, 0.1) is 25.9 Å². The smallest absolute Gasteiger partial charge is 0.204 e. The number of hydrogen-bond donors (Lipinski definition) is 0. The highest BCUT2D eigenvalue weighted by Gasteiger charge is 2.34. The average Bonchev–Trinajstić information content (AvgIpc) is 2.83. The van der Waals surface area contributed by atoms with E-state index in [2.05, 4.69) is 19.1 Å². The zero-order valence-electron chi connectivity index (χ0n) is 19.5. The molecule has 0 radical (unpaired) electrons. The molecule has 32 heavy (non-hydrogen) atoms. The predicted molar refractivity (Wildman–Crippen MR) is 122 cm³/mol. The van der Waals surface area contributed by atoms with Crippen molar-refractivity contribution in [3.63, 3.8) is 0 Å². The number of ether oxygens (including phenoxy) is 3. The van der Waals surface area contributed by atoms with Crippen molar-refractivity contribution >= 4 is 0 Å². The van der Waals surface area contributed by atoms with Gasteiger partial charge in [-0.25, -0.2) is 0 Å². The third-order valence-electron chi connectivity index (χ3n) is 7.78. The van der Waals surface area contributed by atoms with E-state index in [4.69, 9.17) is 14.2 Å². The van der Waals surface area contributed by atoms with Crippen molar-refractivity contribution in [1.29, 1.82) is 0 Å². The van der Waals surface area contributed by atoms with Crippen LogP contribution >= 0.6 is 0 Å². The maximum Gasteiger partial charge on any atom is 0.204 e. The molecular weight excluding hydrogens is 410 g/mol. The first-order chi connectivity index (χ1) is 15.5. The molecular formula is C27H38F2O3. The standard InChI is InChI=1S/C27H38F2O3/c1-3-30-24-14-15-25(27(29)26(24)28)32-17-19-6-13-23(31-16-19)22-11-9-21(10-12-22)20-7-4-18(2)5-8-20/h4,7,14-15,18-23H,3,5-6,8-13,16-17H2,1-2H3. The van der Waals surface area contributed by atoms with Crippen molar-refractivity contribution in [1.82, 2.24) is 0 Å². The molecule has 0 aromatic heterocycles. The summed E-state index contributed by atoms with van der Waals surface area (Å²) in [5.74, 6) is 1.16. The molecule has 4 unspecified atom stereocenters. The summed E-state index contributed by atoms with van der Waals surface area (Å²) in [4.78, 5) is 0. The molecule has 0 N–H and O–H groups in total. The summed E-state index contributed by atoms with van der Waals surface area (Å²) in [6.45, 7) is 5.31. The SMILES string of the molecule is CCOc1ccc(OCC2CCC(C3CCC(C4C=CC(C)CC4)CC3)OC2)c(F)c1F. The quantitative estimate of drug-likeness (QED) is 0.423. The van der Waals surface area contributed by atoms with Crippen LogP contribution in [0.4, 0.5) is 8.78 Å². The summed E-state index contributed by atoms with van der Waals surface area (Å²) in [7, 11) is 0. The van der Waals surface area contributed by atoms with Gasteiger partial charge in [0, 0.05) is 5.92 Å². The summed E-state index contributed by atoms with van der Waals surface area (Å²) < 4.78 is 45.2. The minimum absolute atomic E-state index is 0.0578. The van der Waals surface area contributed by atoms with Crippen LogP contribution in [0.3, 0.4) is 0 Å². The fourth-order valence-corrected chi connectivity index (χ4v) is 5.75. The molecule has 2 aliphatic carbocycles. The lowest BCUT2D eigenvalue weighted by molar-refractivity contribution is -0.0665. The Balaban J connectivity index is 1.19. The Morgan fingerprint density at radius 2 is 1.53 bits per heavy atom. The van der Waals surface area contributed by atoms with E-state index in [9.17, 15) is 8.78 Å². The summed E-state index contributed by atoms with van der Waals surface area (Å²) in [5, 5.41) is 0. The van der Waals surface area contributed by atoms with Gasteiger partial charge in [0.1, 0.15) is 0 Å². The highest BCUT2D eigenvalue weighted by atomic mass is 19.2.